The molecule has 204 valence electrons. The molecule has 5 fully saturated rings. The molecule has 0 heterocycles. The highest BCUT2D eigenvalue weighted by Crippen LogP contribution is 2.66. The number of amides is 1. The second kappa shape index (κ2) is 10.3. The first kappa shape index (κ1) is 26.7. The van der Waals surface area contributed by atoms with Gasteiger partial charge in [0, 0.05) is 30.8 Å². The molecular weight excluding hydrogens is 446 g/mol. The Bertz CT molecular complexity index is 822. The summed E-state index contributed by atoms with van der Waals surface area (Å²) >= 11 is 0. The summed E-state index contributed by atoms with van der Waals surface area (Å²) in [6, 6.07) is 0. The fourth-order valence-corrected chi connectivity index (χ4v) is 9.68. The van der Waals surface area contributed by atoms with E-state index in [-0.39, 0.29) is 16.7 Å². The minimum Gasteiger partial charge on any atom is -0.388 e. The first-order valence-corrected chi connectivity index (χ1v) is 15.7. The molecule has 4 nitrogen and oxygen atoms in total. The third kappa shape index (κ3) is 4.71. The van der Waals surface area contributed by atoms with Crippen LogP contribution in [-0.2, 0) is 9.59 Å². The van der Waals surface area contributed by atoms with Crippen LogP contribution in [-0.4, -0.2) is 40.4 Å². The Kier molecular flexibility index (Phi) is 7.67. The van der Waals surface area contributed by atoms with Crippen molar-refractivity contribution in [3.8, 4) is 0 Å². The van der Waals surface area contributed by atoms with Crippen molar-refractivity contribution < 1.29 is 14.7 Å². The molecule has 0 spiro atoms. The quantitative estimate of drug-likeness (QED) is 0.350. The van der Waals surface area contributed by atoms with E-state index >= 15 is 0 Å². The van der Waals surface area contributed by atoms with Crippen molar-refractivity contribution in [3.05, 3.63) is 0 Å². The maximum absolute atomic E-state index is 13.3. The highest BCUT2D eigenvalue weighted by Gasteiger charge is 2.61. The lowest BCUT2D eigenvalue weighted by atomic mass is 9.44. The Balaban J connectivity index is 1.25. The molecule has 36 heavy (non-hydrogen) atoms. The summed E-state index contributed by atoms with van der Waals surface area (Å²) in [4.78, 5) is 28.2. The average Bonchev–Trinajstić information content (AvgIpc) is 3.12. The van der Waals surface area contributed by atoms with Crippen LogP contribution in [0.3, 0.4) is 0 Å². The molecule has 0 bridgehead atoms. The highest BCUT2D eigenvalue weighted by atomic mass is 16.3. The van der Waals surface area contributed by atoms with Gasteiger partial charge in [0.15, 0.2) is 0 Å². The monoisotopic (exact) mass is 499 g/mol. The van der Waals surface area contributed by atoms with E-state index in [0.717, 1.165) is 64.3 Å². The first-order valence-electron chi connectivity index (χ1n) is 15.7. The largest absolute Gasteiger partial charge is 0.388 e. The number of rotatable bonds is 9. The van der Waals surface area contributed by atoms with Gasteiger partial charge >= 0.3 is 0 Å². The van der Waals surface area contributed by atoms with Crippen LogP contribution in [0.25, 0.3) is 0 Å². The van der Waals surface area contributed by atoms with Crippen LogP contribution in [0.2, 0.25) is 0 Å². The maximum Gasteiger partial charge on any atom is 0.225 e. The van der Waals surface area contributed by atoms with Crippen LogP contribution in [0.1, 0.15) is 130 Å². The molecular formula is C32H53NO3. The SMILES string of the molecule is CCCCCCCN(C[C@@]1(O)CC[C@@]2(C)C(CC[C@@H]3[C@@H]2CC[C@]2(C)C(=O)CC[C@@H]32)C1)C(=O)C1CCC1. The minimum atomic E-state index is -0.730. The third-order valence-corrected chi connectivity index (χ3v) is 12.3. The van der Waals surface area contributed by atoms with Gasteiger partial charge in [0.05, 0.1) is 5.60 Å². The van der Waals surface area contributed by atoms with Gasteiger partial charge in [0.2, 0.25) is 5.91 Å². The first-order chi connectivity index (χ1) is 17.2. The number of carbonyl (C=O) groups is 2. The number of hydrogen-bond donors (Lipinski definition) is 1. The third-order valence-electron chi connectivity index (χ3n) is 12.3. The van der Waals surface area contributed by atoms with Crippen molar-refractivity contribution in [2.75, 3.05) is 13.1 Å². The number of nitrogens with zero attached hydrogens (tertiary/aromatic N) is 1. The molecule has 0 aromatic rings. The molecule has 0 aromatic heterocycles. The van der Waals surface area contributed by atoms with Crippen LogP contribution in [0.4, 0.5) is 0 Å². The predicted molar refractivity (Wildman–Crippen MR) is 144 cm³/mol. The fraction of sp³-hybridized carbons (Fsp3) is 0.938. The van der Waals surface area contributed by atoms with Gasteiger partial charge in [-0.25, -0.2) is 0 Å². The topological polar surface area (TPSA) is 57.6 Å². The van der Waals surface area contributed by atoms with E-state index < -0.39 is 5.60 Å². The van der Waals surface area contributed by atoms with Crippen molar-refractivity contribution in [1.29, 1.82) is 0 Å². The molecule has 1 amide bonds. The Morgan fingerprint density at radius 2 is 1.72 bits per heavy atom. The van der Waals surface area contributed by atoms with Crippen molar-refractivity contribution in [2.24, 2.45) is 40.4 Å². The second-order valence-electron chi connectivity index (χ2n) is 14.3. The van der Waals surface area contributed by atoms with Crippen LogP contribution in [0.5, 0.6) is 0 Å². The van der Waals surface area contributed by atoms with Crippen LogP contribution >= 0.6 is 0 Å². The van der Waals surface area contributed by atoms with Crippen molar-refractivity contribution in [3.63, 3.8) is 0 Å². The molecule has 4 heteroatoms. The molecule has 0 aromatic carbocycles. The van der Waals surface area contributed by atoms with Gasteiger partial charge in [-0.05, 0) is 99.7 Å². The summed E-state index contributed by atoms with van der Waals surface area (Å²) in [6.07, 6.45) is 18.6. The van der Waals surface area contributed by atoms with E-state index in [0.29, 0.717) is 41.9 Å². The zero-order valence-electron chi connectivity index (χ0n) is 23.5. The Morgan fingerprint density at radius 3 is 2.44 bits per heavy atom. The molecule has 0 radical (unpaired) electrons. The number of Topliss-reactive ketones (excluding diaryl/α,β-unsaturated/α-hetero) is 1. The standard InChI is InChI=1S/C32H53NO3/c1-4-5-6-7-8-20-33(29(35)23-10-9-11-23)22-32(36)19-18-30(2)24(21-32)12-13-25-26-14-15-28(34)31(26,3)17-16-27(25)30/h23-27,36H,4-22H2,1-3H3/t24?,25-,26-,27-,30-,31-,32+/m0/s1. The molecule has 0 aliphatic heterocycles. The minimum absolute atomic E-state index is 0.0563. The number of aliphatic hydroxyl groups is 1. The van der Waals surface area contributed by atoms with Crippen molar-refractivity contribution in [2.45, 2.75) is 136 Å². The van der Waals surface area contributed by atoms with E-state index in [1.165, 1.54) is 51.4 Å². The van der Waals surface area contributed by atoms with E-state index in [4.69, 9.17) is 0 Å². The molecule has 0 saturated heterocycles. The van der Waals surface area contributed by atoms with Crippen molar-refractivity contribution >= 4 is 11.7 Å². The molecule has 1 N–H and O–H groups in total. The Labute approximate surface area is 220 Å². The number of hydrogen-bond acceptors (Lipinski definition) is 3. The molecule has 7 atom stereocenters. The summed E-state index contributed by atoms with van der Waals surface area (Å²) in [6.45, 7) is 8.41. The molecule has 1 unspecified atom stereocenters. The number of carbonyl (C=O) groups excluding carboxylic acids is 2. The van der Waals surface area contributed by atoms with E-state index in [2.05, 4.69) is 25.7 Å². The summed E-state index contributed by atoms with van der Waals surface area (Å²) < 4.78 is 0. The summed E-state index contributed by atoms with van der Waals surface area (Å²) in [7, 11) is 0. The highest BCUT2D eigenvalue weighted by molar-refractivity contribution is 5.87. The van der Waals surface area contributed by atoms with Crippen LogP contribution in [0, 0.1) is 40.4 Å². The van der Waals surface area contributed by atoms with E-state index in [1.54, 1.807) is 0 Å². The lowest BCUT2D eigenvalue weighted by Gasteiger charge is -2.61. The number of unbranched alkanes of at least 4 members (excludes halogenated alkanes) is 4. The Morgan fingerprint density at radius 1 is 0.944 bits per heavy atom. The number of ketones is 1. The van der Waals surface area contributed by atoms with Crippen LogP contribution < -0.4 is 0 Å². The zero-order valence-corrected chi connectivity index (χ0v) is 23.5. The zero-order chi connectivity index (χ0) is 25.6. The van der Waals surface area contributed by atoms with Gasteiger partial charge in [-0.1, -0.05) is 52.9 Å². The average molecular weight is 500 g/mol. The van der Waals surface area contributed by atoms with Gasteiger partial charge in [-0.3, -0.25) is 9.59 Å². The molecule has 5 aliphatic carbocycles. The van der Waals surface area contributed by atoms with Crippen molar-refractivity contribution in [1.82, 2.24) is 4.90 Å². The summed E-state index contributed by atoms with van der Waals surface area (Å²) in [5.74, 6) is 3.59. The molecule has 5 aliphatic rings. The van der Waals surface area contributed by atoms with E-state index in [1.807, 2.05) is 0 Å². The Hall–Kier alpha value is -0.900. The lowest BCUT2D eigenvalue weighted by Crippen LogP contribution is -2.58. The lowest BCUT2D eigenvalue weighted by molar-refractivity contribution is -0.163. The van der Waals surface area contributed by atoms with Gasteiger partial charge < -0.3 is 10.0 Å². The van der Waals surface area contributed by atoms with Gasteiger partial charge in [0.1, 0.15) is 5.78 Å². The second-order valence-corrected chi connectivity index (χ2v) is 14.3. The number of fused-ring (bicyclic) bond motifs is 5. The summed E-state index contributed by atoms with van der Waals surface area (Å²) in [5, 5.41) is 11.9. The van der Waals surface area contributed by atoms with Gasteiger partial charge in [-0.2, -0.15) is 0 Å². The van der Waals surface area contributed by atoms with Gasteiger partial charge in [0.25, 0.3) is 0 Å². The smallest absolute Gasteiger partial charge is 0.225 e. The van der Waals surface area contributed by atoms with Gasteiger partial charge in [-0.15, -0.1) is 0 Å². The molecule has 5 rings (SSSR count). The summed E-state index contributed by atoms with van der Waals surface area (Å²) in [5.41, 5.74) is -0.503. The normalized spacial score (nSPS) is 42.3. The van der Waals surface area contributed by atoms with E-state index in [9.17, 15) is 14.7 Å². The van der Waals surface area contributed by atoms with Crippen LogP contribution in [0.15, 0.2) is 0 Å². The molecule has 5 saturated carbocycles. The maximum atomic E-state index is 13.3. The predicted octanol–water partition coefficient (Wildman–Crippen LogP) is 6.93. The fourth-order valence-electron chi connectivity index (χ4n) is 9.68.